The van der Waals surface area contributed by atoms with Gasteiger partial charge in [-0.15, -0.1) is 0 Å². The highest BCUT2D eigenvalue weighted by atomic mass is 31.2. The van der Waals surface area contributed by atoms with E-state index in [4.69, 9.17) is 18.6 Å². The van der Waals surface area contributed by atoms with Crippen molar-refractivity contribution in [3.63, 3.8) is 0 Å². The van der Waals surface area contributed by atoms with E-state index in [0.29, 0.717) is 34.0 Å². The minimum Gasteiger partial charge on any atom is -0.493 e. The van der Waals surface area contributed by atoms with Crippen LogP contribution in [0.3, 0.4) is 0 Å². The molecule has 0 aliphatic rings. The lowest BCUT2D eigenvalue weighted by Crippen LogP contribution is -2.44. The number of nitrogens with one attached hydrogen (secondary N) is 1. The second-order valence-electron chi connectivity index (χ2n) is 8.83. The molecular formula is C27H30NO9P. The van der Waals surface area contributed by atoms with E-state index in [1.54, 1.807) is 24.3 Å². The minimum atomic E-state index is -4.72. The van der Waals surface area contributed by atoms with Crippen LogP contribution in [0.5, 0.6) is 17.2 Å². The van der Waals surface area contributed by atoms with Crippen molar-refractivity contribution in [2.45, 2.75) is 31.1 Å². The SMILES string of the molecule is COc1ccc(CC[C@@H](N[C@@H](Cc2ccc3c(c2)oc2ccccc23)C(=O)O)P(=O)(O)O)c(OC)c1OC. The van der Waals surface area contributed by atoms with Gasteiger partial charge in [0, 0.05) is 10.8 Å². The number of carbonyl (C=O) groups is 1. The van der Waals surface area contributed by atoms with Gasteiger partial charge in [0.05, 0.1) is 21.3 Å². The van der Waals surface area contributed by atoms with Crippen molar-refractivity contribution in [1.29, 1.82) is 0 Å². The summed E-state index contributed by atoms with van der Waals surface area (Å²) in [6.07, 6.45) is 0.130. The van der Waals surface area contributed by atoms with Crippen molar-refractivity contribution >= 4 is 35.5 Å². The van der Waals surface area contributed by atoms with E-state index in [9.17, 15) is 24.3 Å². The lowest BCUT2D eigenvalue weighted by Gasteiger charge is -2.25. The fourth-order valence-electron chi connectivity index (χ4n) is 4.58. The summed E-state index contributed by atoms with van der Waals surface area (Å²) in [5.41, 5.74) is 2.62. The molecule has 1 heterocycles. The van der Waals surface area contributed by atoms with E-state index in [0.717, 1.165) is 16.4 Å². The molecule has 2 atom stereocenters. The van der Waals surface area contributed by atoms with Crippen LogP contribution in [0.15, 0.2) is 59.0 Å². The lowest BCUT2D eigenvalue weighted by molar-refractivity contribution is -0.139. The summed E-state index contributed by atoms with van der Waals surface area (Å²) in [6, 6.07) is 15.1. The number of aryl methyl sites for hydroxylation is 1. The highest BCUT2D eigenvalue weighted by Crippen LogP contribution is 2.44. The van der Waals surface area contributed by atoms with Crippen LogP contribution in [0.2, 0.25) is 0 Å². The van der Waals surface area contributed by atoms with Crippen molar-refractivity contribution in [2.24, 2.45) is 0 Å². The van der Waals surface area contributed by atoms with Gasteiger partial charge in [0.2, 0.25) is 5.75 Å². The summed E-state index contributed by atoms with van der Waals surface area (Å²) in [5.74, 6) is -1.44. The standard InChI is InChI=1S/C27H30NO9P/c1-34-22-12-9-17(25(35-2)26(22)36-3)10-13-24(38(31,32)33)28-20(27(29)30)14-16-8-11-19-18-6-4-5-7-21(18)37-23(19)15-16/h4-9,11-12,15,20,24,28H,10,13-14H2,1-3H3,(H,29,30)(H2,31,32,33)/t20-,24-/m0/s1. The lowest BCUT2D eigenvalue weighted by atomic mass is 10.0. The van der Waals surface area contributed by atoms with Crippen LogP contribution in [0.4, 0.5) is 0 Å². The number of ether oxygens (including phenoxy) is 3. The maximum absolute atomic E-state index is 12.4. The van der Waals surface area contributed by atoms with Gasteiger partial charge in [0.1, 0.15) is 23.0 Å². The molecular weight excluding hydrogens is 513 g/mol. The van der Waals surface area contributed by atoms with Crippen molar-refractivity contribution in [3.8, 4) is 17.2 Å². The first-order chi connectivity index (χ1) is 18.2. The maximum Gasteiger partial charge on any atom is 0.342 e. The van der Waals surface area contributed by atoms with Crippen LogP contribution in [0.1, 0.15) is 17.5 Å². The molecule has 10 nitrogen and oxygen atoms in total. The van der Waals surface area contributed by atoms with E-state index in [2.05, 4.69) is 5.32 Å². The zero-order chi connectivity index (χ0) is 27.4. The third-order valence-electron chi connectivity index (χ3n) is 6.45. The average Bonchev–Trinajstić information content (AvgIpc) is 3.26. The van der Waals surface area contributed by atoms with Crippen LogP contribution in [-0.2, 0) is 22.2 Å². The van der Waals surface area contributed by atoms with Gasteiger partial charge >= 0.3 is 13.6 Å². The molecule has 0 radical (unpaired) electrons. The van der Waals surface area contributed by atoms with E-state index >= 15 is 0 Å². The van der Waals surface area contributed by atoms with Crippen LogP contribution in [-0.4, -0.2) is 54.0 Å². The Kier molecular flexibility index (Phi) is 8.28. The number of carboxylic acid groups (broad SMARTS) is 1. The summed E-state index contributed by atoms with van der Waals surface area (Å²) < 4.78 is 34.4. The molecule has 0 aliphatic heterocycles. The number of hydrogen-bond acceptors (Lipinski definition) is 7. The van der Waals surface area contributed by atoms with Crippen molar-refractivity contribution in [1.82, 2.24) is 5.32 Å². The maximum atomic E-state index is 12.4. The first-order valence-electron chi connectivity index (χ1n) is 11.9. The number of aliphatic carboxylic acids is 1. The van der Waals surface area contributed by atoms with Crippen molar-refractivity contribution in [3.05, 3.63) is 65.7 Å². The van der Waals surface area contributed by atoms with Crippen molar-refractivity contribution in [2.75, 3.05) is 21.3 Å². The highest BCUT2D eigenvalue weighted by molar-refractivity contribution is 7.52. The molecule has 4 aromatic rings. The van der Waals surface area contributed by atoms with Gasteiger partial charge in [-0.05, 0) is 48.6 Å². The normalized spacial score (nSPS) is 13.4. The van der Waals surface area contributed by atoms with Gasteiger partial charge in [-0.2, -0.15) is 0 Å². The molecule has 0 saturated heterocycles. The molecule has 0 aliphatic carbocycles. The molecule has 38 heavy (non-hydrogen) atoms. The molecule has 202 valence electrons. The summed E-state index contributed by atoms with van der Waals surface area (Å²) in [7, 11) is -0.309. The fraction of sp³-hybridized carbons (Fsp3) is 0.296. The van der Waals surface area contributed by atoms with Gasteiger partial charge in [-0.25, -0.2) is 0 Å². The summed E-state index contributed by atoms with van der Waals surface area (Å²) >= 11 is 0. The summed E-state index contributed by atoms with van der Waals surface area (Å²) in [4.78, 5) is 32.2. The van der Waals surface area contributed by atoms with E-state index < -0.39 is 25.4 Å². The predicted molar refractivity (Wildman–Crippen MR) is 142 cm³/mol. The summed E-state index contributed by atoms with van der Waals surface area (Å²) in [6.45, 7) is 0. The number of carboxylic acids is 1. The molecule has 0 fully saturated rings. The number of benzene rings is 3. The number of para-hydroxylation sites is 1. The molecule has 0 unspecified atom stereocenters. The Morgan fingerprint density at radius 3 is 2.32 bits per heavy atom. The molecule has 4 N–H and O–H groups in total. The smallest absolute Gasteiger partial charge is 0.342 e. The van der Waals surface area contributed by atoms with Gasteiger partial charge < -0.3 is 33.5 Å². The van der Waals surface area contributed by atoms with Gasteiger partial charge in [0.25, 0.3) is 0 Å². The Morgan fingerprint density at radius 2 is 1.66 bits per heavy atom. The predicted octanol–water partition coefficient (Wildman–Crippen LogP) is 4.33. The quantitative estimate of drug-likeness (QED) is 0.190. The number of rotatable bonds is 12. The Morgan fingerprint density at radius 1 is 0.947 bits per heavy atom. The van der Waals surface area contributed by atoms with Crippen molar-refractivity contribution < 1.29 is 42.9 Å². The number of hydrogen-bond donors (Lipinski definition) is 4. The minimum absolute atomic E-state index is 0.00149. The first kappa shape index (κ1) is 27.5. The Bertz CT molecular complexity index is 1490. The van der Waals surface area contributed by atoms with Gasteiger partial charge in [0.15, 0.2) is 11.5 Å². The zero-order valence-corrected chi connectivity index (χ0v) is 22.1. The number of fused-ring (bicyclic) bond motifs is 3. The van der Waals surface area contributed by atoms with Crippen LogP contribution < -0.4 is 19.5 Å². The molecule has 0 amide bonds. The van der Waals surface area contributed by atoms with E-state index in [-0.39, 0.29) is 19.3 Å². The van der Waals surface area contributed by atoms with E-state index in [1.807, 2.05) is 30.3 Å². The van der Waals surface area contributed by atoms with Gasteiger partial charge in [-0.3, -0.25) is 14.7 Å². The van der Waals surface area contributed by atoms with Gasteiger partial charge in [-0.1, -0.05) is 36.4 Å². The Labute approximate surface area is 219 Å². The molecule has 0 spiro atoms. The van der Waals surface area contributed by atoms with Crippen LogP contribution >= 0.6 is 7.60 Å². The fourth-order valence-corrected chi connectivity index (χ4v) is 5.42. The van der Waals surface area contributed by atoms with Crippen LogP contribution in [0.25, 0.3) is 21.9 Å². The molecule has 4 rings (SSSR count). The first-order valence-corrected chi connectivity index (χ1v) is 13.6. The summed E-state index contributed by atoms with van der Waals surface area (Å²) in [5, 5.41) is 14.4. The zero-order valence-electron chi connectivity index (χ0n) is 21.2. The average molecular weight is 544 g/mol. The highest BCUT2D eigenvalue weighted by Gasteiger charge is 2.33. The molecule has 11 heteroatoms. The molecule has 1 aromatic heterocycles. The third-order valence-corrected chi connectivity index (χ3v) is 7.67. The Balaban J connectivity index is 1.55. The number of furan rings is 1. The number of methoxy groups -OCH3 is 3. The largest absolute Gasteiger partial charge is 0.493 e. The molecule has 0 saturated carbocycles. The third kappa shape index (κ3) is 5.79. The Hall–Kier alpha value is -3.56. The second kappa shape index (κ2) is 11.4. The molecule has 0 bridgehead atoms. The topological polar surface area (TPSA) is 148 Å². The van der Waals surface area contributed by atoms with Crippen LogP contribution in [0, 0.1) is 0 Å². The monoisotopic (exact) mass is 543 g/mol. The molecule has 3 aromatic carbocycles. The second-order valence-corrected chi connectivity index (χ2v) is 10.6. The van der Waals surface area contributed by atoms with E-state index in [1.165, 1.54) is 21.3 Å².